The zero-order valence-electron chi connectivity index (χ0n) is 25.3. The molecule has 0 aromatic heterocycles. The molecule has 0 radical (unpaired) electrons. The Bertz CT molecular complexity index is 1740. The van der Waals surface area contributed by atoms with Crippen LogP contribution in [-0.4, -0.2) is 18.9 Å². The fraction of sp³-hybridized carbons (Fsp3) is 0.343. The van der Waals surface area contributed by atoms with Gasteiger partial charge in [0.15, 0.2) is 0 Å². The number of ether oxygens (including phenoxy) is 1. The molecule has 2 aliphatic rings. The Labute approximate surface area is 267 Å². The number of hydrogen-bond acceptors (Lipinski definition) is 4. The van der Waals surface area contributed by atoms with Crippen molar-refractivity contribution < 1.29 is 18.7 Å². The summed E-state index contributed by atoms with van der Waals surface area (Å²) in [4.78, 5) is 26.9. The number of anilines is 1. The Balaban J connectivity index is 1.66. The van der Waals surface area contributed by atoms with Crippen LogP contribution in [0.1, 0.15) is 67.9 Å². The summed E-state index contributed by atoms with van der Waals surface area (Å²) in [6.07, 6.45) is 0.901. The Morgan fingerprint density at radius 2 is 1.89 bits per heavy atom. The molecule has 1 fully saturated rings. The van der Waals surface area contributed by atoms with Gasteiger partial charge in [-0.3, -0.25) is 9.59 Å². The van der Waals surface area contributed by atoms with Gasteiger partial charge in [0.05, 0.1) is 29.3 Å². The normalized spacial score (nSPS) is 21.8. The van der Waals surface area contributed by atoms with E-state index in [1.54, 1.807) is 37.3 Å². The van der Waals surface area contributed by atoms with Gasteiger partial charge in [-0.25, -0.2) is 4.39 Å². The smallest absolute Gasteiger partial charge is 0.255 e. The van der Waals surface area contributed by atoms with Gasteiger partial charge in [-0.05, 0) is 72.6 Å². The number of allylic oxidation sites excluding steroid dienone is 1. The molecule has 5 rings (SSSR count). The lowest BCUT2D eigenvalue weighted by Gasteiger charge is -2.43. The number of carbonyl (C=O) groups is 2. The first-order valence-electron chi connectivity index (χ1n) is 14.4. The number of benzene rings is 3. The summed E-state index contributed by atoms with van der Waals surface area (Å²) in [6, 6.07) is 15.9. The van der Waals surface area contributed by atoms with Crippen molar-refractivity contribution in [2.45, 2.75) is 51.9 Å². The van der Waals surface area contributed by atoms with Gasteiger partial charge in [-0.1, -0.05) is 68.8 Å². The molecule has 0 unspecified atom stereocenters. The molecule has 44 heavy (non-hydrogen) atoms. The second kappa shape index (κ2) is 11.6. The molecule has 6 nitrogen and oxygen atoms in total. The molecule has 0 bridgehead atoms. The largest absolute Gasteiger partial charge is 0.495 e. The molecule has 2 aliphatic carbocycles. The summed E-state index contributed by atoms with van der Waals surface area (Å²) in [7, 11) is 1.45. The third kappa shape index (κ3) is 5.25. The van der Waals surface area contributed by atoms with Crippen LogP contribution in [0, 0.1) is 34.4 Å². The minimum Gasteiger partial charge on any atom is -0.495 e. The fourth-order valence-corrected chi connectivity index (χ4v) is 7.60. The van der Waals surface area contributed by atoms with Gasteiger partial charge in [0.2, 0.25) is 5.91 Å². The van der Waals surface area contributed by atoms with Crippen molar-refractivity contribution in [2.24, 2.45) is 17.3 Å². The van der Waals surface area contributed by atoms with E-state index >= 15 is 4.39 Å². The summed E-state index contributed by atoms with van der Waals surface area (Å²) >= 11 is 13.1. The minimum absolute atomic E-state index is 0.0875. The first-order valence-corrected chi connectivity index (χ1v) is 15.1. The summed E-state index contributed by atoms with van der Waals surface area (Å²) < 4.78 is 21.8. The maximum Gasteiger partial charge on any atom is 0.255 e. The van der Waals surface area contributed by atoms with Crippen LogP contribution in [0.2, 0.25) is 10.0 Å². The SMILES string of the molecule is C=C(C)NC(=O)c1ccc(NC(=O)[C@@H]2C[C@@H](CC(C)(C)C)[C@]3(C#N)c4c(ccc(Cl)c4F)-c4c(Cl)cccc4[C@@H]23)c(OC)c1. The molecule has 3 aromatic carbocycles. The lowest BCUT2D eigenvalue weighted by molar-refractivity contribution is -0.120. The molecule has 0 saturated heterocycles. The van der Waals surface area contributed by atoms with Gasteiger partial charge in [0, 0.05) is 39.2 Å². The molecule has 9 heteroatoms. The standard InChI is InChI=1S/C35H34Cl2FN3O3/c1-18(2)40-32(42)19-10-13-26(27(14-19)44-6)41-33(43)23-15-20(16-34(3,4)5)35(17-39)29(23)21-8-7-9-24(36)28(21)22-11-12-25(37)31(38)30(22)35/h7-14,20,23,29H,1,15-16H2,2-6H3,(H,40,42)(H,41,43)/t20-,23+,29-,35-/m0/s1. The van der Waals surface area contributed by atoms with Crippen LogP contribution in [0.3, 0.4) is 0 Å². The number of nitriles is 1. The zero-order chi connectivity index (χ0) is 32.1. The zero-order valence-corrected chi connectivity index (χ0v) is 26.8. The average molecular weight is 635 g/mol. The molecule has 1 saturated carbocycles. The van der Waals surface area contributed by atoms with E-state index in [4.69, 9.17) is 27.9 Å². The molecule has 228 valence electrons. The van der Waals surface area contributed by atoms with Gasteiger partial charge in [0.1, 0.15) is 11.6 Å². The molecular weight excluding hydrogens is 600 g/mol. The van der Waals surface area contributed by atoms with E-state index in [0.29, 0.717) is 51.7 Å². The topological polar surface area (TPSA) is 91.2 Å². The number of nitrogens with zero attached hydrogens (tertiary/aromatic N) is 1. The summed E-state index contributed by atoms with van der Waals surface area (Å²) in [6.45, 7) is 11.6. The number of nitrogens with one attached hydrogen (secondary N) is 2. The molecule has 4 atom stereocenters. The highest BCUT2D eigenvalue weighted by molar-refractivity contribution is 6.34. The minimum atomic E-state index is -1.38. The lowest BCUT2D eigenvalue weighted by Crippen LogP contribution is -2.42. The van der Waals surface area contributed by atoms with Crippen molar-refractivity contribution >= 4 is 40.7 Å². The van der Waals surface area contributed by atoms with Crippen LogP contribution in [0.5, 0.6) is 5.75 Å². The molecule has 2 N–H and O–H groups in total. The monoisotopic (exact) mass is 633 g/mol. The van der Waals surface area contributed by atoms with Crippen LogP contribution in [0.25, 0.3) is 11.1 Å². The van der Waals surface area contributed by atoms with Crippen molar-refractivity contribution in [1.29, 1.82) is 5.26 Å². The summed E-state index contributed by atoms with van der Waals surface area (Å²) in [5, 5.41) is 17.1. The van der Waals surface area contributed by atoms with E-state index in [0.717, 1.165) is 5.56 Å². The van der Waals surface area contributed by atoms with Crippen molar-refractivity contribution in [3.05, 3.63) is 93.4 Å². The van der Waals surface area contributed by atoms with Crippen molar-refractivity contribution in [2.75, 3.05) is 12.4 Å². The lowest BCUT2D eigenvalue weighted by atomic mass is 9.57. The number of methoxy groups -OCH3 is 1. The Hall–Kier alpha value is -3.86. The van der Waals surface area contributed by atoms with Crippen LogP contribution < -0.4 is 15.4 Å². The van der Waals surface area contributed by atoms with E-state index in [9.17, 15) is 14.9 Å². The molecule has 0 heterocycles. The maximum atomic E-state index is 16.3. The Morgan fingerprint density at radius 1 is 1.16 bits per heavy atom. The summed E-state index contributed by atoms with van der Waals surface area (Å²) in [5.41, 5.74) is 1.64. The van der Waals surface area contributed by atoms with Gasteiger partial charge < -0.3 is 15.4 Å². The van der Waals surface area contributed by atoms with E-state index in [-0.39, 0.29) is 33.7 Å². The highest BCUT2D eigenvalue weighted by Gasteiger charge is 2.63. The van der Waals surface area contributed by atoms with E-state index < -0.39 is 23.1 Å². The second-order valence-electron chi connectivity index (χ2n) is 12.9. The molecule has 2 amide bonds. The van der Waals surface area contributed by atoms with E-state index in [1.807, 2.05) is 6.07 Å². The molecular formula is C35H34Cl2FN3O3. The Morgan fingerprint density at radius 3 is 2.52 bits per heavy atom. The quantitative estimate of drug-likeness (QED) is 0.284. The number of amides is 2. The van der Waals surface area contributed by atoms with Gasteiger partial charge in [0.25, 0.3) is 5.91 Å². The highest BCUT2D eigenvalue weighted by Crippen LogP contribution is 2.66. The van der Waals surface area contributed by atoms with Crippen molar-refractivity contribution in [3.63, 3.8) is 0 Å². The third-order valence-corrected chi connectivity index (χ3v) is 9.27. The van der Waals surface area contributed by atoms with Gasteiger partial charge in [-0.15, -0.1) is 0 Å². The van der Waals surface area contributed by atoms with Crippen LogP contribution in [0.15, 0.2) is 60.8 Å². The van der Waals surface area contributed by atoms with Crippen LogP contribution in [0.4, 0.5) is 10.1 Å². The maximum absolute atomic E-state index is 16.3. The fourth-order valence-electron chi connectivity index (χ4n) is 7.15. The summed E-state index contributed by atoms with van der Waals surface area (Å²) in [5.74, 6) is -2.88. The first-order chi connectivity index (χ1) is 20.7. The number of fused-ring (bicyclic) bond motifs is 6. The number of hydrogen-bond donors (Lipinski definition) is 2. The number of halogens is 3. The second-order valence-corrected chi connectivity index (χ2v) is 13.7. The van der Waals surface area contributed by atoms with Crippen molar-refractivity contribution in [3.8, 4) is 22.9 Å². The van der Waals surface area contributed by atoms with E-state index in [2.05, 4.69) is 44.1 Å². The molecule has 3 aromatic rings. The van der Waals surface area contributed by atoms with Gasteiger partial charge >= 0.3 is 0 Å². The van der Waals surface area contributed by atoms with Crippen LogP contribution >= 0.6 is 23.2 Å². The third-order valence-electron chi connectivity index (χ3n) is 8.66. The van der Waals surface area contributed by atoms with E-state index in [1.165, 1.54) is 19.2 Å². The molecule has 0 aliphatic heterocycles. The highest BCUT2D eigenvalue weighted by atomic mass is 35.5. The Kier molecular flexibility index (Phi) is 8.30. The first kappa shape index (κ1) is 31.6. The number of carbonyl (C=O) groups excluding carboxylic acids is 2. The number of rotatable bonds is 6. The molecule has 0 spiro atoms. The predicted octanol–water partition coefficient (Wildman–Crippen LogP) is 8.64. The predicted molar refractivity (Wildman–Crippen MR) is 171 cm³/mol. The van der Waals surface area contributed by atoms with Crippen LogP contribution in [-0.2, 0) is 10.2 Å². The van der Waals surface area contributed by atoms with Crippen molar-refractivity contribution in [1.82, 2.24) is 5.32 Å². The average Bonchev–Trinajstić information content (AvgIpc) is 3.28. The van der Waals surface area contributed by atoms with Gasteiger partial charge in [-0.2, -0.15) is 5.26 Å².